The van der Waals surface area contributed by atoms with Crippen molar-refractivity contribution in [1.29, 1.82) is 0 Å². The molecule has 5 heteroatoms. The SMILES string of the molecule is CC(C)(CNCC(O)CO)C(N)=O. The summed E-state index contributed by atoms with van der Waals surface area (Å²) >= 11 is 0. The quantitative estimate of drug-likeness (QED) is 0.407. The molecule has 0 aromatic rings. The highest BCUT2D eigenvalue weighted by Crippen LogP contribution is 2.11. The fourth-order valence-corrected chi connectivity index (χ4v) is 0.703. The summed E-state index contributed by atoms with van der Waals surface area (Å²) in [5, 5.41) is 20.3. The van der Waals surface area contributed by atoms with Gasteiger partial charge < -0.3 is 21.3 Å². The van der Waals surface area contributed by atoms with E-state index in [4.69, 9.17) is 15.9 Å². The molecule has 5 N–H and O–H groups in total. The summed E-state index contributed by atoms with van der Waals surface area (Å²) in [6.45, 7) is 3.79. The molecule has 0 bridgehead atoms. The maximum absolute atomic E-state index is 10.8. The molecule has 0 aromatic heterocycles. The van der Waals surface area contributed by atoms with Crippen LogP contribution in [-0.4, -0.2) is 41.9 Å². The number of rotatable bonds is 6. The third-order valence-corrected chi connectivity index (χ3v) is 1.82. The molecule has 0 radical (unpaired) electrons. The number of hydrogen-bond acceptors (Lipinski definition) is 4. The van der Waals surface area contributed by atoms with Crippen molar-refractivity contribution >= 4 is 5.91 Å². The predicted octanol–water partition coefficient (Wildman–Crippen LogP) is -1.56. The molecule has 0 heterocycles. The Balaban J connectivity index is 3.70. The molecule has 1 atom stereocenters. The highest BCUT2D eigenvalue weighted by atomic mass is 16.3. The molecule has 1 amide bonds. The number of primary amides is 1. The standard InChI is InChI=1S/C8H18N2O3/c1-8(2,7(9)13)5-10-3-6(12)4-11/h6,10-12H,3-5H2,1-2H3,(H2,9,13). The predicted molar refractivity (Wildman–Crippen MR) is 48.9 cm³/mol. The van der Waals surface area contributed by atoms with E-state index in [0.717, 1.165) is 0 Å². The lowest BCUT2D eigenvalue weighted by Crippen LogP contribution is -2.42. The number of aliphatic hydroxyl groups is 2. The Morgan fingerprint density at radius 2 is 2.15 bits per heavy atom. The first-order chi connectivity index (χ1) is 5.90. The molecular weight excluding hydrogens is 172 g/mol. The molecule has 13 heavy (non-hydrogen) atoms. The Hall–Kier alpha value is -0.650. The van der Waals surface area contributed by atoms with Gasteiger partial charge in [0.15, 0.2) is 0 Å². The summed E-state index contributed by atoms with van der Waals surface area (Å²) in [4.78, 5) is 10.8. The molecule has 0 saturated carbocycles. The normalized spacial score (nSPS) is 14.2. The molecule has 0 spiro atoms. The number of carbonyl (C=O) groups excluding carboxylic acids is 1. The number of nitrogens with one attached hydrogen (secondary N) is 1. The Bertz CT molecular complexity index is 171. The second kappa shape index (κ2) is 5.16. The van der Waals surface area contributed by atoms with E-state index in [1.54, 1.807) is 13.8 Å². The number of hydrogen-bond donors (Lipinski definition) is 4. The smallest absolute Gasteiger partial charge is 0.224 e. The van der Waals surface area contributed by atoms with Crippen LogP contribution in [0, 0.1) is 5.41 Å². The van der Waals surface area contributed by atoms with Crippen LogP contribution < -0.4 is 11.1 Å². The first-order valence-electron chi connectivity index (χ1n) is 4.19. The molecule has 1 unspecified atom stereocenters. The van der Waals surface area contributed by atoms with Crippen LogP contribution >= 0.6 is 0 Å². The van der Waals surface area contributed by atoms with Gasteiger partial charge in [-0.1, -0.05) is 0 Å². The maximum Gasteiger partial charge on any atom is 0.224 e. The van der Waals surface area contributed by atoms with Crippen LogP contribution in [0.25, 0.3) is 0 Å². The average Bonchev–Trinajstić information content (AvgIpc) is 2.03. The zero-order chi connectivity index (χ0) is 10.5. The van der Waals surface area contributed by atoms with Gasteiger partial charge in [-0.05, 0) is 13.8 Å². The van der Waals surface area contributed by atoms with E-state index in [0.29, 0.717) is 6.54 Å². The summed E-state index contributed by atoms with van der Waals surface area (Å²) in [6.07, 6.45) is -0.788. The van der Waals surface area contributed by atoms with Crippen LogP contribution in [0.3, 0.4) is 0 Å². The van der Waals surface area contributed by atoms with Crippen LogP contribution in [0.15, 0.2) is 0 Å². The van der Waals surface area contributed by atoms with Crippen molar-refractivity contribution in [3.05, 3.63) is 0 Å². The van der Waals surface area contributed by atoms with Gasteiger partial charge in [-0.25, -0.2) is 0 Å². The van der Waals surface area contributed by atoms with E-state index in [2.05, 4.69) is 5.32 Å². The lowest BCUT2D eigenvalue weighted by atomic mass is 9.93. The number of nitrogens with two attached hydrogens (primary N) is 1. The van der Waals surface area contributed by atoms with Gasteiger partial charge in [0.05, 0.1) is 18.1 Å². The lowest BCUT2D eigenvalue weighted by molar-refractivity contribution is -0.125. The monoisotopic (exact) mass is 190 g/mol. The van der Waals surface area contributed by atoms with Crippen LogP contribution in [0.1, 0.15) is 13.8 Å². The highest BCUT2D eigenvalue weighted by molar-refractivity contribution is 5.80. The van der Waals surface area contributed by atoms with Crippen molar-refractivity contribution in [1.82, 2.24) is 5.32 Å². The first kappa shape index (κ1) is 12.3. The van der Waals surface area contributed by atoms with Crippen molar-refractivity contribution in [2.45, 2.75) is 20.0 Å². The summed E-state index contributed by atoms with van der Waals surface area (Å²) in [6, 6.07) is 0. The second-order valence-electron chi connectivity index (χ2n) is 3.72. The van der Waals surface area contributed by atoms with Gasteiger partial charge in [0.25, 0.3) is 0 Å². The third-order valence-electron chi connectivity index (χ3n) is 1.82. The molecule has 0 rings (SSSR count). The van der Waals surface area contributed by atoms with Crippen molar-refractivity contribution in [2.24, 2.45) is 11.1 Å². The Labute approximate surface area is 77.9 Å². The molecule has 0 saturated heterocycles. The van der Waals surface area contributed by atoms with Gasteiger partial charge in [0, 0.05) is 13.1 Å². The average molecular weight is 190 g/mol. The van der Waals surface area contributed by atoms with Crippen molar-refractivity contribution in [3.8, 4) is 0 Å². The molecule has 78 valence electrons. The minimum absolute atomic E-state index is 0.257. The van der Waals surface area contributed by atoms with Crippen molar-refractivity contribution in [3.63, 3.8) is 0 Å². The van der Waals surface area contributed by atoms with Gasteiger partial charge in [-0.15, -0.1) is 0 Å². The van der Waals surface area contributed by atoms with Gasteiger partial charge in [-0.3, -0.25) is 4.79 Å². The number of aliphatic hydroxyl groups excluding tert-OH is 2. The molecular formula is C8H18N2O3. The Morgan fingerprint density at radius 3 is 2.54 bits per heavy atom. The number of carbonyl (C=O) groups is 1. The first-order valence-corrected chi connectivity index (χ1v) is 4.19. The topological polar surface area (TPSA) is 95.6 Å². The summed E-state index contributed by atoms with van der Waals surface area (Å²) in [5.74, 6) is -0.390. The second-order valence-corrected chi connectivity index (χ2v) is 3.72. The Morgan fingerprint density at radius 1 is 1.62 bits per heavy atom. The largest absolute Gasteiger partial charge is 0.394 e. The zero-order valence-electron chi connectivity index (χ0n) is 8.08. The van der Waals surface area contributed by atoms with Gasteiger partial charge in [0.2, 0.25) is 5.91 Å². The zero-order valence-corrected chi connectivity index (χ0v) is 8.08. The van der Waals surface area contributed by atoms with Crippen LogP contribution in [0.5, 0.6) is 0 Å². The minimum Gasteiger partial charge on any atom is -0.394 e. The van der Waals surface area contributed by atoms with E-state index in [1.165, 1.54) is 0 Å². The molecule has 0 aromatic carbocycles. The van der Waals surface area contributed by atoms with Crippen LogP contribution in [0.4, 0.5) is 0 Å². The van der Waals surface area contributed by atoms with E-state index in [9.17, 15) is 4.79 Å². The summed E-state index contributed by atoms with van der Waals surface area (Å²) in [7, 11) is 0. The number of amides is 1. The summed E-state index contributed by atoms with van der Waals surface area (Å²) < 4.78 is 0. The summed E-state index contributed by atoms with van der Waals surface area (Å²) in [5.41, 5.74) is 4.50. The van der Waals surface area contributed by atoms with E-state index < -0.39 is 17.4 Å². The van der Waals surface area contributed by atoms with Crippen LogP contribution in [-0.2, 0) is 4.79 Å². The Kier molecular flexibility index (Phi) is 4.90. The van der Waals surface area contributed by atoms with E-state index in [-0.39, 0.29) is 13.2 Å². The molecule has 0 aliphatic rings. The van der Waals surface area contributed by atoms with E-state index >= 15 is 0 Å². The minimum atomic E-state index is -0.788. The van der Waals surface area contributed by atoms with E-state index in [1.807, 2.05) is 0 Å². The van der Waals surface area contributed by atoms with Gasteiger partial charge in [-0.2, -0.15) is 0 Å². The molecule has 0 fully saturated rings. The van der Waals surface area contributed by atoms with Gasteiger partial charge in [0.1, 0.15) is 0 Å². The maximum atomic E-state index is 10.8. The van der Waals surface area contributed by atoms with Crippen LogP contribution in [0.2, 0.25) is 0 Å². The third kappa shape index (κ3) is 4.82. The lowest BCUT2D eigenvalue weighted by Gasteiger charge is -2.21. The highest BCUT2D eigenvalue weighted by Gasteiger charge is 2.24. The van der Waals surface area contributed by atoms with Crippen molar-refractivity contribution in [2.75, 3.05) is 19.7 Å². The fraction of sp³-hybridized carbons (Fsp3) is 0.875. The molecule has 0 aliphatic carbocycles. The molecule has 5 nitrogen and oxygen atoms in total. The molecule has 0 aliphatic heterocycles. The fourth-order valence-electron chi connectivity index (χ4n) is 0.703. The van der Waals surface area contributed by atoms with Gasteiger partial charge >= 0.3 is 0 Å². The van der Waals surface area contributed by atoms with Crippen molar-refractivity contribution < 1.29 is 15.0 Å².